The highest BCUT2D eigenvalue weighted by Crippen LogP contribution is 2.42. The minimum atomic E-state index is -0.256. The Morgan fingerprint density at radius 1 is 1.58 bits per heavy atom. The zero-order valence-corrected chi connectivity index (χ0v) is 6.75. The maximum atomic E-state index is 8.99. The van der Waals surface area contributed by atoms with Crippen LogP contribution in [0, 0.1) is 17.5 Å². The number of pyridine rings is 1. The van der Waals surface area contributed by atoms with E-state index in [1.54, 1.807) is 6.20 Å². The molecule has 0 saturated heterocycles. The quantitative estimate of drug-likeness (QED) is 0.623. The van der Waals surface area contributed by atoms with Crippen LogP contribution in [0.3, 0.4) is 0 Å². The van der Waals surface area contributed by atoms with Crippen LogP contribution in [-0.2, 0) is 5.41 Å². The van der Waals surface area contributed by atoms with Crippen LogP contribution < -0.4 is 0 Å². The molecule has 1 heterocycles. The lowest BCUT2D eigenvalue weighted by molar-refractivity contribution is 0.323. The molecule has 0 atom stereocenters. The zero-order valence-electron chi connectivity index (χ0n) is 6.75. The molecule has 2 nitrogen and oxygen atoms in total. The summed E-state index contributed by atoms with van der Waals surface area (Å²) in [5, 5.41) is 8.99. The van der Waals surface area contributed by atoms with Gasteiger partial charge in [-0.3, -0.25) is 4.98 Å². The van der Waals surface area contributed by atoms with Crippen molar-refractivity contribution >= 4 is 0 Å². The van der Waals surface area contributed by atoms with E-state index < -0.39 is 0 Å². The fourth-order valence-corrected chi connectivity index (χ4v) is 1.56. The molecule has 0 unspecified atom stereocenters. The van der Waals surface area contributed by atoms with Crippen LogP contribution in [0.2, 0.25) is 0 Å². The van der Waals surface area contributed by atoms with Crippen molar-refractivity contribution < 1.29 is 0 Å². The Bertz CT molecular complexity index is 306. The molecule has 2 heteroatoms. The van der Waals surface area contributed by atoms with Crippen LogP contribution in [0.15, 0.2) is 18.3 Å². The lowest BCUT2D eigenvalue weighted by Crippen LogP contribution is -2.32. The molecule has 0 N–H and O–H groups in total. The number of aromatic nitrogens is 1. The van der Waals surface area contributed by atoms with E-state index in [0.717, 1.165) is 24.8 Å². The van der Waals surface area contributed by atoms with E-state index in [2.05, 4.69) is 17.3 Å². The molecule has 1 aromatic rings. The molecule has 1 aliphatic carbocycles. The summed E-state index contributed by atoms with van der Waals surface area (Å²) in [6.07, 6.45) is 7.65. The molecule has 0 aromatic carbocycles. The lowest BCUT2D eigenvalue weighted by atomic mass is 9.66. The van der Waals surface area contributed by atoms with Crippen molar-refractivity contribution in [1.29, 1.82) is 5.26 Å². The van der Waals surface area contributed by atoms with Gasteiger partial charge in [0.2, 0.25) is 0 Å². The van der Waals surface area contributed by atoms with Gasteiger partial charge in [-0.25, -0.2) is 0 Å². The maximum absolute atomic E-state index is 8.99. The molecule has 0 bridgehead atoms. The molecule has 59 valence electrons. The fourth-order valence-electron chi connectivity index (χ4n) is 1.56. The van der Waals surface area contributed by atoms with E-state index in [-0.39, 0.29) is 5.41 Å². The van der Waals surface area contributed by atoms with E-state index in [4.69, 9.17) is 5.26 Å². The molecular weight excluding hydrogens is 148 g/mol. The van der Waals surface area contributed by atoms with Crippen molar-refractivity contribution in [2.45, 2.75) is 24.7 Å². The van der Waals surface area contributed by atoms with Gasteiger partial charge in [-0.2, -0.15) is 5.26 Å². The summed E-state index contributed by atoms with van der Waals surface area (Å²) in [6, 6.07) is 6.16. The number of hydrogen-bond donors (Lipinski definition) is 0. The first-order chi connectivity index (χ1) is 5.87. The average Bonchev–Trinajstić information content (AvgIpc) is 2.05. The van der Waals surface area contributed by atoms with Gasteiger partial charge >= 0.3 is 0 Å². The van der Waals surface area contributed by atoms with E-state index in [0.29, 0.717) is 0 Å². The Labute approximate surface area is 71.9 Å². The third-order valence-corrected chi connectivity index (χ3v) is 2.55. The second kappa shape index (κ2) is 2.60. The van der Waals surface area contributed by atoms with E-state index in [9.17, 15) is 0 Å². The van der Waals surface area contributed by atoms with Crippen LogP contribution in [-0.4, -0.2) is 4.98 Å². The van der Waals surface area contributed by atoms with Gasteiger partial charge < -0.3 is 0 Å². The summed E-state index contributed by atoms with van der Waals surface area (Å²) < 4.78 is 0. The number of nitrogens with zero attached hydrogens (tertiary/aromatic N) is 2. The highest BCUT2D eigenvalue weighted by Gasteiger charge is 2.39. The molecule has 2 rings (SSSR count). The second-order valence-electron chi connectivity index (χ2n) is 3.21. The molecule has 0 spiro atoms. The summed E-state index contributed by atoms with van der Waals surface area (Å²) in [6.45, 7) is 0. The van der Waals surface area contributed by atoms with Crippen LogP contribution in [0.1, 0.15) is 24.8 Å². The first-order valence-corrected chi connectivity index (χ1v) is 4.12. The SMILES string of the molecule is N#CC1(c2[c]nccc2)CCC1. The van der Waals surface area contributed by atoms with Crippen molar-refractivity contribution in [3.8, 4) is 6.07 Å². The predicted molar refractivity (Wildman–Crippen MR) is 44.2 cm³/mol. The molecule has 1 saturated carbocycles. The number of rotatable bonds is 1. The van der Waals surface area contributed by atoms with Gasteiger partial charge in [0.1, 0.15) is 0 Å². The van der Waals surface area contributed by atoms with Gasteiger partial charge in [-0.1, -0.05) is 6.07 Å². The highest BCUT2D eigenvalue weighted by atomic mass is 14.6. The second-order valence-corrected chi connectivity index (χ2v) is 3.21. The fraction of sp³-hybridized carbons (Fsp3) is 0.400. The Kier molecular flexibility index (Phi) is 1.58. The Morgan fingerprint density at radius 2 is 2.42 bits per heavy atom. The van der Waals surface area contributed by atoms with Gasteiger partial charge in [0, 0.05) is 11.8 Å². The largest absolute Gasteiger partial charge is 0.254 e. The molecule has 1 aliphatic rings. The number of nitriles is 1. The van der Waals surface area contributed by atoms with Crippen LogP contribution in [0.5, 0.6) is 0 Å². The third-order valence-electron chi connectivity index (χ3n) is 2.55. The molecule has 1 radical (unpaired) electrons. The summed E-state index contributed by atoms with van der Waals surface area (Å²) in [7, 11) is 0. The van der Waals surface area contributed by atoms with Crippen molar-refractivity contribution in [2.75, 3.05) is 0 Å². The molecular formula is C10H9N2. The van der Waals surface area contributed by atoms with Crippen LogP contribution in [0.4, 0.5) is 0 Å². The molecule has 1 fully saturated rings. The van der Waals surface area contributed by atoms with E-state index >= 15 is 0 Å². The predicted octanol–water partition coefficient (Wildman–Crippen LogP) is 1.83. The molecule has 0 aliphatic heterocycles. The monoisotopic (exact) mass is 157 g/mol. The number of hydrogen-bond acceptors (Lipinski definition) is 2. The Hall–Kier alpha value is -1.36. The van der Waals surface area contributed by atoms with Crippen molar-refractivity contribution in [1.82, 2.24) is 4.98 Å². The van der Waals surface area contributed by atoms with Crippen molar-refractivity contribution in [2.24, 2.45) is 0 Å². The third kappa shape index (κ3) is 0.902. The summed E-state index contributed by atoms with van der Waals surface area (Å²) in [5.41, 5.74) is 0.701. The van der Waals surface area contributed by atoms with E-state index in [1.165, 1.54) is 0 Å². The molecule has 12 heavy (non-hydrogen) atoms. The average molecular weight is 157 g/mol. The van der Waals surface area contributed by atoms with Gasteiger partial charge in [0.25, 0.3) is 0 Å². The Balaban J connectivity index is 2.36. The minimum absolute atomic E-state index is 0.256. The highest BCUT2D eigenvalue weighted by molar-refractivity contribution is 5.32. The van der Waals surface area contributed by atoms with Crippen molar-refractivity contribution in [3.63, 3.8) is 0 Å². The molecule has 0 amide bonds. The van der Waals surface area contributed by atoms with E-state index in [1.807, 2.05) is 12.1 Å². The van der Waals surface area contributed by atoms with Crippen molar-refractivity contribution in [3.05, 3.63) is 30.1 Å². The standard InChI is InChI=1S/C10H9N2/c11-8-10(4-2-5-10)9-3-1-6-12-7-9/h1,3,6H,2,4-5H2. The molecule has 1 aromatic heterocycles. The van der Waals surface area contributed by atoms with Gasteiger partial charge in [0.05, 0.1) is 17.7 Å². The zero-order chi connectivity index (χ0) is 8.44. The lowest BCUT2D eigenvalue weighted by Gasteiger charge is -2.34. The summed E-state index contributed by atoms with van der Waals surface area (Å²) in [5.74, 6) is 0. The normalized spacial score (nSPS) is 19.2. The summed E-state index contributed by atoms with van der Waals surface area (Å²) >= 11 is 0. The van der Waals surface area contributed by atoms with Gasteiger partial charge in [0.15, 0.2) is 0 Å². The first kappa shape index (κ1) is 7.30. The maximum Gasteiger partial charge on any atom is 0.0937 e. The van der Waals surface area contributed by atoms with Crippen LogP contribution in [0.25, 0.3) is 0 Å². The smallest absolute Gasteiger partial charge is 0.0937 e. The summed E-state index contributed by atoms with van der Waals surface area (Å²) in [4.78, 5) is 3.90. The van der Waals surface area contributed by atoms with Gasteiger partial charge in [-0.15, -0.1) is 0 Å². The first-order valence-electron chi connectivity index (χ1n) is 4.12. The minimum Gasteiger partial charge on any atom is -0.254 e. The Morgan fingerprint density at radius 3 is 2.83 bits per heavy atom. The topological polar surface area (TPSA) is 36.7 Å². The van der Waals surface area contributed by atoms with Gasteiger partial charge in [-0.05, 0) is 25.3 Å². The van der Waals surface area contributed by atoms with Crippen LogP contribution >= 0.6 is 0 Å².